The van der Waals surface area contributed by atoms with E-state index in [4.69, 9.17) is 9.26 Å². The maximum atomic E-state index is 12.4. The zero-order chi connectivity index (χ0) is 17.0. The molecule has 0 aliphatic carbocycles. The maximum Gasteiger partial charge on any atom is 0.311 e. The number of aryl methyl sites for hydroxylation is 1. The lowest BCUT2D eigenvalue weighted by Crippen LogP contribution is -2.15. The zero-order valence-electron chi connectivity index (χ0n) is 13.5. The van der Waals surface area contributed by atoms with Crippen molar-refractivity contribution in [3.63, 3.8) is 0 Å². The Bertz CT molecular complexity index is 705. The Morgan fingerprint density at radius 3 is 2.83 bits per heavy atom. The van der Waals surface area contributed by atoms with E-state index >= 15 is 0 Å². The van der Waals surface area contributed by atoms with Gasteiger partial charge in [-0.05, 0) is 13.8 Å². The number of amides is 1. The number of carbonyl (C=O) groups excluding carboxylic acids is 2. The van der Waals surface area contributed by atoms with Crippen LogP contribution in [0.1, 0.15) is 54.2 Å². The molecule has 0 aromatic carbocycles. The number of anilines is 1. The van der Waals surface area contributed by atoms with E-state index in [1.165, 1.54) is 11.3 Å². The van der Waals surface area contributed by atoms with Crippen molar-refractivity contribution >= 4 is 28.3 Å². The molecule has 2 aromatic rings. The summed E-state index contributed by atoms with van der Waals surface area (Å²) < 4.78 is 10.1. The summed E-state index contributed by atoms with van der Waals surface area (Å²) in [6.07, 6.45) is 0.0871. The fourth-order valence-electron chi connectivity index (χ4n) is 2.02. The molecule has 0 aliphatic rings. The minimum absolute atomic E-state index is 0.0487. The third kappa shape index (κ3) is 4.16. The van der Waals surface area contributed by atoms with Crippen molar-refractivity contribution in [2.24, 2.45) is 0 Å². The van der Waals surface area contributed by atoms with Gasteiger partial charge >= 0.3 is 5.97 Å². The van der Waals surface area contributed by atoms with Crippen LogP contribution in [0.15, 0.2) is 9.90 Å². The van der Waals surface area contributed by atoms with Crippen molar-refractivity contribution in [2.75, 3.05) is 11.9 Å². The summed E-state index contributed by atoms with van der Waals surface area (Å²) in [5, 5.41) is 8.71. The summed E-state index contributed by atoms with van der Waals surface area (Å²) in [5.41, 5.74) is 1.53. The van der Waals surface area contributed by atoms with Gasteiger partial charge in [-0.25, -0.2) is 4.98 Å². The lowest BCUT2D eigenvalue weighted by molar-refractivity contribution is -0.142. The second-order valence-corrected chi connectivity index (χ2v) is 6.10. The average Bonchev–Trinajstić information content (AvgIpc) is 3.05. The summed E-state index contributed by atoms with van der Waals surface area (Å²) in [6, 6.07) is 0. The Morgan fingerprint density at radius 2 is 2.17 bits per heavy atom. The first-order valence-corrected chi connectivity index (χ1v) is 8.17. The topological polar surface area (TPSA) is 94.3 Å². The van der Waals surface area contributed by atoms with Gasteiger partial charge in [0.25, 0.3) is 5.91 Å². The van der Waals surface area contributed by atoms with Gasteiger partial charge in [-0.1, -0.05) is 19.0 Å². The number of esters is 1. The van der Waals surface area contributed by atoms with Crippen LogP contribution < -0.4 is 5.32 Å². The Hall–Kier alpha value is -2.22. The largest absolute Gasteiger partial charge is 0.466 e. The Labute approximate surface area is 138 Å². The van der Waals surface area contributed by atoms with Crippen molar-refractivity contribution in [2.45, 2.75) is 40.0 Å². The number of ether oxygens (including phenoxy) is 1. The second-order valence-electron chi connectivity index (χ2n) is 5.24. The van der Waals surface area contributed by atoms with E-state index in [0.29, 0.717) is 34.4 Å². The second kappa shape index (κ2) is 7.36. The lowest BCUT2D eigenvalue weighted by atomic mass is 10.0. The van der Waals surface area contributed by atoms with E-state index in [2.05, 4.69) is 15.5 Å². The highest BCUT2D eigenvalue weighted by molar-refractivity contribution is 7.14. The summed E-state index contributed by atoms with van der Waals surface area (Å²) >= 11 is 1.25. The summed E-state index contributed by atoms with van der Waals surface area (Å²) in [4.78, 5) is 28.1. The highest BCUT2D eigenvalue weighted by atomic mass is 32.1. The quantitative estimate of drug-likeness (QED) is 0.815. The fraction of sp³-hybridized carbons (Fsp3) is 0.467. The van der Waals surface area contributed by atoms with Crippen molar-refractivity contribution in [3.8, 4) is 0 Å². The number of rotatable bonds is 6. The molecule has 0 bridgehead atoms. The van der Waals surface area contributed by atoms with E-state index in [9.17, 15) is 9.59 Å². The number of carbonyl (C=O) groups is 2. The van der Waals surface area contributed by atoms with E-state index in [1.807, 2.05) is 13.8 Å². The van der Waals surface area contributed by atoms with Crippen molar-refractivity contribution in [1.82, 2.24) is 10.1 Å². The number of nitrogens with one attached hydrogen (secondary N) is 1. The molecule has 0 saturated carbocycles. The smallest absolute Gasteiger partial charge is 0.311 e. The Morgan fingerprint density at radius 1 is 1.43 bits per heavy atom. The lowest BCUT2D eigenvalue weighted by Gasteiger charge is -2.04. The van der Waals surface area contributed by atoms with Crippen LogP contribution in [0.25, 0.3) is 0 Å². The highest BCUT2D eigenvalue weighted by Gasteiger charge is 2.23. The van der Waals surface area contributed by atoms with Crippen LogP contribution >= 0.6 is 11.3 Å². The van der Waals surface area contributed by atoms with E-state index in [-0.39, 0.29) is 24.2 Å². The van der Waals surface area contributed by atoms with E-state index in [1.54, 1.807) is 19.2 Å². The van der Waals surface area contributed by atoms with Gasteiger partial charge in [-0.3, -0.25) is 14.9 Å². The third-order valence-electron chi connectivity index (χ3n) is 3.04. The molecule has 0 fully saturated rings. The minimum atomic E-state index is -0.340. The number of aromatic nitrogens is 2. The molecule has 1 amide bonds. The van der Waals surface area contributed by atoms with E-state index < -0.39 is 0 Å². The first kappa shape index (κ1) is 17.1. The van der Waals surface area contributed by atoms with Gasteiger partial charge in [0.15, 0.2) is 10.9 Å². The normalized spacial score (nSPS) is 10.8. The van der Waals surface area contributed by atoms with Gasteiger partial charge in [-0.15, -0.1) is 11.3 Å². The third-order valence-corrected chi connectivity index (χ3v) is 3.85. The SMILES string of the molecule is CCOC(=O)Cc1csc(NC(=O)c2c(C)noc2C(C)C)n1. The molecular weight excluding hydrogens is 318 g/mol. The van der Waals surface area contributed by atoms with Gasteiger partial charge in [0.05, 0.1) is 24.4 Å². The van der Waals surface area contributed by atoms with Crippen LogP contribution in [0.3, 0.4) is 0 Å². The molecule has 2 rings (SSSR count). The van der Waals surface area contributed by atoms with Crippen LogP contribution in [0, 0.1) is 6.92 Å². The van der Waals surface area contributed by atoms with Crippen LogP contribution in [-0.4, -0.2) is 28.6 Å². The van der Waals surface area contributed by atoms with Crippen LogP contribution in [0.2, 0.25) is 0 Å². The number of thiazole rings is 1. The van der Waals surface area contributed by atoms with Gasteiger partial charge in [0.2, 0.25) is 0 Å². The van der Waals surface area contributed by atoms with Crippen molar-refractivity contribution in [1.29, 1.82) is 0 Å². The predicted octanol–water partition coefficient (Wildman–Crippen LogP) is 2.92. The standard InChI is InChI=1S/C15H19N3O4S/c1-5-21-11(19)6-10-7-23-15(16-10)17-14(20)12-9(4)18-22-13(12)8(2)3/h7-8H,5-6H2,1-4H3,(H,16,17,20). The molecule has 23 heavy (non-hydrogen) atoms. The summed E-state index contributed by atoms with van der Waals surface area (Å²) in [7, 11) is 0. The molecule has 124 valence electrons. The van der Waals surface area contributed by atoms with Crippen LogP contribution in [0.4, 0.5) is 5.13 Å². The number of nitrogens with zero attached hydrogens (tertiary/aromatic N) is 2. The van der Waals surface area contributed by atoms with Crippen molar-refractivity contribution in [3.05, 3.63) is 28.1 Å². The predicted molar refractivity (Wildman–Crippen MR) is 85.7 cm³/mol. The zero-order valence-corrected chi connectivity index (χ0v) is 14.3. The number of hydrogen-bond donors (Lipinski definition) is 1. The fourth-order valence-corrected chi connectivity index (χ4v) is 2.73. The highest BCUT2D eigenvalue weighted by Crippen LogP contribution is 2.24. The monoisotopic (exact) mass is 337 g/mol. The molecule has 0 saturated heterocycles. The molecule has 7 nitrogen and oxygen atoms in total. The molecule has 0 atom stereocenters. The van der Waals surface area contributed by atoms with Gasteiger partial charge in [0.1, 0.15) is 5.56 Å². The first-order chi connectivity index (χ1) is 10.9. The minimum Gasteiger partial charge on any atom is -0.466 e. The van der Waals surface area contributed by atoms with Crippen LogP contribution in [-0.2, 0) is 16.0 Å². The first-order valence-electron chi connectivity index (χ1n) is 7.29. The molecular formula is C15H19N3O4S. The Kier molecular flexibility index (Phi) is 5.49. The molecule has 0 aliphatic heterocycles. The molecule has 1 N–H and O–H groups in total. The average molecular weight is 337 g/mol. The van der Waals surface area contributed by atoms with Crippen molar-refractivity contribution < 1.29 is 18.8 Å². The maximum absolute atomic E-state index is 12.4. The molecule has 8 heteroatoms. The molecule has 0 radical (unpaired) electrons. The van der Waals surface area contributed by atoms with E-state index in [0.717, 1.165) is 0 Å². The number of hydrogen-bond acceptors (Lipinski definition) is 7. The summed E-state index contributed by atoms with van der Waals surface area (Å²) in [6.45, 7) is 7.66. The van der Waals surface area contributed by atoms with Crippen LogP contribution in [0.5, 0.6) is 0 Å². The Balaban J connectivity index is 2.08. The molecule has 2 aromatic heterocycles. The van der Waals surface area contributed by atoms with Gasteiger partial charge < -0.3 is 9.26 Å². The molecule has 2 heterocycles. The van der Waals surface area contributed by atoms with Gasteiger partial charge in [0, 0.05) is 11.3 Å². The molecule has 0 unspecified atom stereocenters. The molecule has 0 spiro atoms. The summed E-state index contributed by atoms with van der Waals surface area (Å²) in [5.74, 6) is -0.0620. The van der Waals surface area contributed by atoms with Gasteiger partial charge in [-0.2, -0.15) is 0 Å².